The summed E-state index contributed by atoms with van der Waals surface area (Å²) < 4.78 is 22.4. The van der Waals surface area contributed by atoms with E-state index >= 15 is 0 Å². The monoisotopic (exact) mass is 288 g/mol. The Morgan fingerprint density at radius 3 is 2.48 bits per heavy atom. The number of halogens is 1. The maximum Gasteiger partial charge on any atom is 0.337 e. The number of hydrogen-bond donors (Lipinski definition) is 0. The smallest absolute Gasteiger partial charge is 0.337 e. The SMILES string of the molecule is COC(=O)c1cc(COC=O)cc(-c2ccc(F)cc2)c1. The van der Waals surface area contributed by atoms with E-state index in [0.29, 0.717) is 23.2 Å². The first-order chi connectivity index (χ1) is 10.1. The number of carbonyl (C=O) groups excluding carboxylic acids is 2. The van der Waals surface area contributed by atoms with Crippen molar-refractivity contribution in [1.29, 1.82) is 0 Å². The van der Waals surface area contributed by atoms with E-state index in [1.807, 2.05) is 0 Å². The summed E-state index contributed by atoms with van der Waals surface area (Å²) in [5.74, 6) is -0.835. The van der Waals surface area contributed by atoms with Gasteiger partial charge in [0.2, 0.25) is 0 Å². The van der Waals surface area contributed by atoms with E-state index in [0.717, 1.165) is 5.56 Å². The minimum absolute atomic E-state index is 0.0442. The van der Waals surface area contributed by atoms with Gasteiger partial charge in [0.25, 0.3) is 6.47 Å². The molecule has 0 fully saturated rings. The molecule has 0 amide bonds. The molecule has 0 bridgehead atoms. The first-order valence-corrected chi connectivity index (χ1v) is 6.17. The van der Waals surface area contributed by atoms with Crippen molar-refractivity contribution >= 4 is 12.4 Å². The van der Waals surface area contributed by atoms with Gasteiger partial charge in [0, 0.05) is 0 Å². The van der Waals surface area contributed by atoms with Crippen LogP contribution in [0.1, 0.15) is 15.9 Å². The van der Waals surface area contributed by atoms with Crippen molar-refractivity contribution in [1.82, 2.24) is 0 Å². The summed E-state index contributed by atoms with van der Waals surface area (Å²) in [7, 11) is 1.29. The number of ether oxygens (including phenoxy) is 2. The molecule has 0 aromatic heterocycles. The molecule has 0 heterocycles. The van der Waals surface area contributed by atoms with Gasteiger partial charge in [-0.25, -0.2) is 9.18 Å². The van der Waals surface area contributed by atoms with Crippen molar-refractivity contribution in [3.8, 4) is 11.1 Å². The highest BCUT2D eigenvalue weighted by molar-refractivity contribution is 5.91. The van der Waals surface area contributed by atoms with Gasteiger partial charge < -0.3 is 9.47 Å². The summed E-state index contributed by atoms with van der Waals surface area (Å²) in [6.45, 7) is 0.380. The van der Waals surface area contributed by atoms with Crippen LogP contribution in [-0.2, 0) is 20.9 Å². The summed E-state index contributed by atoms with van der Waals surface area (Å²) in [5.41, 5.74) is 2.44. The van der Waals surface area contributed by atoms with Gasteiger partial charge in [-0.05, 0) is 47.0 Å². The minimum Gasteiger partial charge on any atom is -0.465 e. The fraction of sp³-hybridized carbons (Fsp3) is 0.125. The Bertz CT molecular complexity index is 650. The van der Waals surface area contributed by atoms with Crippen molar-refractivity contribution in [2.75, 3.05) is 7.11 Å². The van der Waals surface area contributed by atoms with Gasteiger partial charge in [-0.15, -0.1) is 0 Å². The Kier molecular flexibility index (Phi) is 4.66. The predicted octanol–water partition coefficient (Wildman–Crippen LogP) is 2.95. The van der Waals surface area contributed by atoms with Gasteiger partial charge in [0.1, 0.15) is 12.4 Å². The largest absolute Gasteiger partial charge is 0.465 e. The Balaban J connectivity index is 2.45. The van der Waals surface area contributed by atoms with Crippen molar-refractivity contribution in [3.63, 3.8) is 0 Å². The van der Waals surface area contributed by atoms with Crippen LogP contribution in [0, 0.1) is 5.82 Å². The second kappa shape index (κ2) is 6.65. The molecule has 0 aliphatic heterocycles. The maximum atomic E-state index is 13.0. The highest BCUT2D eigenvalue weighted by Crippen LogP contribution is 2.23. The van der Waals surface area contributed by atoms with Crippen LogP contribution < -0.4 is 0 Å². The lowest BCUT2D eigenvalue weighted by Crippen LogP contribution is -2.03. The summed E-state index contributed by atoms with van der Waals surface area (Å²) in [6.07, 6.45) is 0. The molecule has 0 saturated carbocycles. The molecule has 0 radical (unpaired) electrons. The van der Waals surface area contributed by atoms with Gasteiger partial charge >= 0.3 is 5.97 Å². The lowest BCUT2D eigenvalue weighted by atomic mass is 10.00. The second-order valence-corrected chi connectivity index (χ2v) is 4.32. The summed E-state index contributed by atoms with van der Waals surface area (Å²) in [4.78, 5) is 22.0. The molecule has 0 saturated heterocycles. The van der Waals surface area contributed by atoms with E-state index < -0.39 is 5.97 Å². The molecule has 0 aliphatic carbocycles. The lowest BCUT2D eigenvalue weighted by molar-refractivity contribution is -0.129. The summed E-state index contributed by atoms with van der Waals surface area (Å²) in [6, 6.07) is 10.9. The van der Waals surface area contributed by atoms with E-state index in [1.165, 1.54) is 19.2 Å². The van der Waals surface area contributed by atoms with Gasteiger partial charge in [0.15, 0.2) is 0 Å². The van der Waals surface area contributed by atoms with Crippen LogP contribution in [0.2, 0.25) is 0 Å². The molecule has 2 rings (SSSR count). The summed E-state index contributed by atoms with van der Waals surface area (Å²) >= 11 is 0. The number of methoxy groups -OCH3 is 1. The van der Waals surface area contributed by atoms with E-state index in [1.54, 1.807) is 30.3 Å². The van der Waals surface area contributed by atoms with Crippen LogP contribution >= 0.6 is 0 Å². The predicted molar refractivity (Wildman–Crippen MR) is 74.0 cm³/mol. The molecule has 0 spiro atoms. The van der Waals surface area contributed by atoms with Crippen molar-refractivity contribution in [2.45, 2.75) is 6.61 Å². The molecule has 2 aromatic rings. The van der Waals surface area contributed by atoms with Crippen LogP contribution in [0.3, 0.4) is 0 Å². The number of rotatable bonds is 5. The van der Waals surface area contributed by atoms with Crippen LogP contribution in [0.4, 0.5) is 4.39 Å². The zero-order valence-corrected chi connectivity index (χ0v) is 11.3. The van der Waals surface area contributed by atoms with Crippen LogP contribution in [-0.4, -0.2) is 19.6 Å². The molecular formula is C16H13FO4. The number of hydrogen-bond acceptors (Lipinski definition) is 4. The lowest BCUT2D eigenvalue weighted by Gasteiger charge is -2.09. The molecule has 108 valence electrons. The highest BCUT2D eigenvalue weighted by atomic mass is 19.1. The third-order valence-electron chi connectivity index (χ3n) is 2.91. The Morgan fingerprint density at radius 1 is 1.14 bits per heavy atom. The van der Waals surface area contributed by atoms with Crippen LogP contribution in [0.25, 0.3) is 11.1 Å². The molecule has 5 heteroatoms. The van der Waals surface area contributed by atoms with Crippen molar-refractivity contribution in [3.05, 3.63) is 59.4 Å². The molecule has 0 aliphatic rings. The summed E-state index contributed by atoms with van der Waals surface area (Å²) in [5, 5.41) is 0. The highest BCUT2D eigenvalue weighted by Gasteiger charge is 2.10. The van der Waals surface area contributed by atoms with Crippen LogP contribution in [0.15, 0.2) is 42.5 Å². The number of benzene rings is 2. The first-order valence-electron chi connectivity index (χ1n) is 6.17. The van der Waals surface area contributed by atoms with Crippen molar-refractivity contribution < 1.29 is 23.5 Å². The normalized spacial score (nSPS) is 10.0. The quantitative estimate of drug-likeness (QED) is 0.627. The third kappa shape index (κ3) is 3.66. The van der Waals surface area contributed by atoms with Gasteiger partial charge in [-0.2, -0.15) is 0 Å². The zero-order chi connectivity index (χ0) is 15.2. The molecule has 21 heavy (non-hydrogen) atoms. The molecule has 2 aromatic carbocycles. The Labute approximate surface area is 121 Å². The molecule has 4 nitrogen and oxygen atoms in total. The number of carbonyl (C=O) groups is 2. The molecule has 0 unspecified atom stereocenters. The van der Waals surface area contributed by atoms with E-state index in [-0.39, 0.29) is 12.4 Å². The molecule has 0 N–H and O–H groups in total. The topological polar surface area (TPSA) is 52.6 Å². The Hall–Kier alpha value is -2.69. The van der Waals surface area contributed by atoms with Gasteiger partial charge in [-0.3, -0.25) is 4.79 Å². The fourth-order valence-corrected chi connectivity index (χ4v) is 1.95. The number of esters is 1. The molecule has 0 atom stereocenters. The zero-order valence-electron chi connectivity index (χ0n) is 11.3. The minimum atomic E-state index is -0.494. The van der Waals surface area contributed by atoms with E-state index in [4.69, 9.17) is 9.47 Å². The Morgan fingerprint density at radius 2 is 1.86 bits per heavy atom. The van der Waals surface area contributed by atoms with Crippen LogP contribution in [0.5, 0.6) is 0 Å². The standard InChI is InChI=1S/C16H13FO4/c1-20-16(19)14-7-11(9-21-10-18)6-13(8-14)12-2-4-15(17)5-3-12/h2-8,10H,9H2,1H3. The second-order valence-electron chi connectivity index (χ2n) is 4.32. The maximum absolute atomic E-state index is 13.0. The average Bonchev–Trinajstić information content (AvgIpc) is 2.52. The van der Waals surface area contributed by atoms with Gasteiger partial charge in [-0.1, -0.05) is 12.1 Å². The molecular weight excluding hydrogens is 275 g/mol. The third-order valence-corrected chi connectivity index (χ3v) is 2.91. The average molecular weight is 288 g/mol. The fourth-order valence-electron chi connectivity index (χ4n) is 1.95. The van der Waals surface area contributed by atoms with Crippen molar-refractivity contribution in [2.24, 2.45) is 0 Å². The van der Waals surface area contributed by atoms with E-state index in [9.17, 15) is 14.0 Å². The first kappa shape index (κ1) is 14.7. The van der Waals surface area contributed by atoms with E-state index in [2.05, 4.69) is 0 Å². The van der Waals surface area contributed by atoms with Gasteiger partial charge in [0.05, 0.1) is 12.7 Å².